The molecule has 0 aliphatic heterocycles. The zero-order valence-electron chi connectivity index (χ0n) is 12.7. The summed E-state index contributed by atoms with van der Waals surface area (Å²) in [7, 11) is 0. The van der Waals surface area contributed by atoms with Crippen molar-refractivity contribution >= 4 is 27.2 Å². The molecule has 0 spiro atoms. The fourth-order valence-electron chi connectivity index (χ4n) is 3.44. The highest BCUT2D eigenvalue weighted by Gasteiger charge is 2.24. The molecule has 0 aromatic carbocycles. The molecule has 4 aromatic rings. The van der Waals surface area contributed by atoms with Crippen molar-refractivity contribution < 1.29 is 0 Å². The van der Waals surface area contributed by atoms with Gasteiger partial charge < -0.3 is 0 Å². The van der Waals surface area contributed by atoms with Gasteiger partial charge in [-0.2, -0.15) is 0 Å². The molecule has 114 valence electrons. The van der Waals surface area contributed by atoms with E-state index in [4.69, 9.17) is 0 Å². The second-order valence-electron chi connectivity index (χ2n) is 6.23. The van der Waals surface area contributed by atoms with Crippen molar-refractivity contribution in [3.05, 3.63) is 41.3 Å². The Morgan fingerprint density at radius 1 is 1.22 bits per heavy atom. The van der Waals surface area contributed by atoms with Crippen LogP contribution in [-0.4, -0.2) is 24.6 Å². The lowest BCUT2D eigenvalue weighted by molar-refractivity contribution is 0.508. The van der Waals surface area contributed by atoms with Crippen LogP contribution in [0, 0.1) is 5.92 Å². The van der Waals surface area contributed by atoms with E-state index in [1.165, 1.54) is 22.2 Å². The van der Waals surface area contributed by atoms with Gasteiger partial charge in [-0.1, -0.05) is 6.92 Å². The maximum absolute atomic E-state index is 4.68. The van der Waals surface area contributed by atoms with E-state index >= 15 is 0 Å². The summed E-state index contributed by atoms with van der Waals surface area (Å²) >= 11 is 1.82. The van der Waals surface area contributed by atoms with Gasteiger partial charge in [0.15, 0.2) is 11.5 Å². The van der Waals surface area contributed by atoms with Crippen LogP contribution in [0.2, 0.25) is 0 Å². The lowest BCUT2D eigenvalue weighted by Crippen LogP contribution is -2.09. The molecular weight excluding hydrogens is 306 g/mol. The van der Waals surface area contributed by atoms with Gasteiger partial charge in [-0.05, 0) is 42.9 Å². The van der Waals surface area contributed by atoms with E-state index in [1.807, 2.05) is 34.2 Å². The lowest BCUT2D eigenvalue weighted by Gasteiger charge is -2.17. The molecule has 0 N–H and O–H groups in total. The first-order valence-electron chi connectivity index (χ1n) is 7.85. The molecule has 0 radical (unpaired) electrons. The predicted octanol–water partition coefficient (Wildman–Crippen LogP) is 3.53. The third kappa shape index (κ3) is 1.91. The Balaban J connectivity index is 1.81. The number of pyridine rings is 1. The molecule has 1 atom stereocenters. The molecule has 1 aliphatic rings. The van der Waals surface area contributed by atoms with Crippen LogP contribution >= 0.6 is 11.3 Å². The van der Waals surface area contributed by atoms with Gasteiger partial charge in [0.25, 0.3) is 0 Å². The lowest BCUT2D eigenvalue weighted by atomic mass is 9.89. The Kier molecular flexibility index (Phi) is 2.76. The second-order valence-corrected chi connectivity index (χ2v) is 7.31. The fraction of sp³-hybridized carbons (Fsp3) is 0.294. The number of rotatable bonds is 1. The number of hydrogen-bond donors (Lipinski definition) is 0. The Hall–Kier alpha value is -2.34. The summed E-state index contributed by atoms with van der Waals surface area (Å²) in [4.78, 5) is 11.3. The number of aryl methyl sites for hydroxylation is 1. The molecule has 0 amide bonds. The Bertz CT molecular complexity index is 1020. The Labute approximate surface area is 137 Å². The molecule has 23 heavy (non-hydrogen) atoms. The highest BCUT2D eigenvalue weighted by molar-refractivity contribution is 7.19. The van der Waals surface area contributed by atoms with Crippen molar-refractivity contribution in [1.82, 2.24) is 24.6 Å². The molecule has 5 nitrogen and oxygen atoms in total. The van der Waals surface area contributed by atoms with E-state index in [0.29, 0.717) is 0 Å². The van der Waals surface area contributed by atoms with Gasteiger partial charge in [0.1, 0.15) is 11.2 Å². The second kappa shape index (κ2) is 4.83. The van der Waals surface area contributed by atoms with Crippen LogP contribution in [0.3, 0.4) is 0 Å². The summed E-state index contributed by atoms with van der Waals surface area (Å²) in [6.45, 7) is 2.33. The van der Waals surface area contributed by atoms with Gasteiger partial charge in [0.05, 0.1) is 5.39 Å². The van der Waals surface area contributed by atoms with Gasteiger partial charge in [0, 0.05) is 22.8 Å². The number of hydrogen-bond acceptors (Lipinski definition) is 5. The monoisotopic (exact) mass is 321 g/mol. The summed E-state index contributed by atoms with van der Waals surface area (Å²) < 4.78 is 2.00. The van der Waals surface area contributed by atoms with Crippen LogP contribution in [0.15, 0.2) is 30.9 Å². The van der Waals surface area contributed by atoms with E-state index in [0.717, 1.165) is 40.6 Å². The van der Waals surface area contributed by atoms with Crippen LogP contribution in [0.4, 0.5) is 0 Å². The average Bonchev–Trinajstić information content (AvgIpc) is 3.16. The minimum absolute atomic E-state index is 0.725. The smallest absolute Gasteiger partial charge is 0.172 e. The van der Waals surface area contributed by atoms with Crippen LogP contribution < -0.4 is 0 Å². The number of thiophene rings is 1. The molecule has 0 fully saturated rings. The van der Waals surface area contributed by atoms with E-state index < -0.39 is 0 Å². The van der Waals surface area contributed by atoms with Gasteiger partial charge in [-0.15, -0.1) is 21.5 Å². The maximum Gasteiger partial charge on any atom is 0.172 e. The van der Waals surface area contributed by atoms with Crippen molar-refractivity contribution in [2.45, 2.75) is 26.2 Å². The molecule has 0 saturated carbocycles. The first-order valence-corrected chi connectivity index (χ1v) is 8.67. The summed E-state index contributed by atoms with van der Waals surface area (Å²) in [6, 6.07) is 3.90. The largest absolute Gasteiger partial charge is 0.265 e. The topological polar surface area (TPSA) is 56.0 Å². The van der Waals surface area contributed by atoms with Crippen molar-refractivity contribution in [3.8, 4) is 11.4 Å². The zero-order valence-corrected chi connectivity index (χ0v) is 13.5. The average molecular weight is 321 g/mol. The summed E-state index contributed by atoms with van der Waals surface area (Å²) in [5.41, 5.74) is 3.37. The van der Waals surface area contributed by atoms with Crippen molar-refractivity contribution in [2.24, 2.45) is 5.92 Å². The van der Waals surface area contributed by atoms with Crippen LogP contribution in [0.25, 0.3) is 27.3 Å². The quantitative estimate of drug-likeness (QED) is 0.538. The van der Waals surface area contributed by atoms with Crippen LogP contribution in [0.1, 0.15) is 23.8 Å². The summed E-state index contributed by atoms with van der Waals surface area (Å²) in [6.07, 6.45) is 8.94. The summed E-state index contributed by atoms with van der Waals surface area (Å²) in [5.74, 6) is 1.55. The number of fused-ring (bicyclic) bond motifs is 5. The first kappa shape index (κ1) is 13.1. The van der Waals surface area contributed by atoms with Crippen molar-refractivity contribution in [1.29, 1.82) is 0 Å². The van der Waals surface area contributed by atoms with Gasteiger partial charge in [0.2, 0.25) is 0 Å². The molecule has 4 heterocycles. The SMILES string of the molecule is CC1CCc2sc3ncn4c(-c5ccncc5)nnc4c3c2C1. The van der Waals surface area contributed by atoms with Gasteiger partial charge in [-0.3, -0.25) is 9.38 Å². The molecule has 1 unspecified atom stereocenters. The van der Waals surface area contributed by atoms with Crippen molar-refractivity contribution in [2.75, 3.05) is 0 Å². The number of nitrogens with zero attached hydrogens (tertiary/aromatic N) is 5. The highest BCUT2D eigenvalue weighted by Crippen LogP contribution is 2.39. The van der Waals surface area contributed by atoms with Crippen LogP contribution in [0.5, 0.6) is 0 Å². The predicted molar refractivity (Wildman–Crippen MR) is 90.6 cm³/mol. The molecule has 1 aliphatic carbocycles. The normalized spacial score (nSPS) is 17.7. The highest BCUT2D eigenvalue weighted by atomic mass is 32.1. The zero-order chi connectivity index (χ0) is 15.4. The van der Waals surface area contributed by atoms with E-state index in [2.05, 4.69) is 27.1 Å². The minimum atomic E-state index is 0.725. The first-order chi connectivity index (χ1) is 11.3. The standard InChI is InChI=1S/C17H15N5S/c1-10-2-3-13-12(8-10)14-16-21-20-15(11-4-6-18-7-5-11)22(16)9-19-17(14)23-13/h4-7,9-10H,2-3,8H2,1H3. The minimum Gasteiger partial charge on any atom is -0.265 e. The molecule has 4 aromatic heterocycles. The summed E-state index contributed by atoms with van der Waals surface area (Å²) in [5, 5.41) is 10.1. The maximum atomic E-state index is 4.68. The fourth-order valence-corrected chi connectivity index (χ4v) is 4.62. The van der Waals surface area contributed by atoms with Gasteiger partial charge in [-0.25, -0.2) is 4.98 Å². The molecule has 5 rings (SSSR count). The van der Waals surface area contributed by atoms with E-state index in [1.54, 1.807) is 12.4 Å². The van der Waals surface area contributed by atoms with Crippen LogP contribution in [-0.2, 0) is 12.8 Å². The molecule has 0 saturated heterocycles. The Morgan fingerprint density at radius 2 is 2.09 bits per heavy atom. The molecule has 0 bridgehead atoms. The number of aromatic nitrogens is 5. The van der Waals surface area contributed by atoms with Gasteiger partial charge >= 0.3 is 0 Å². The molecule has 6 heteroatoms. The van der Waals surface area contributed by atoms with Crippen molar-refractivity contribution in [3.63, 3.8) is 0 Å². The Morgan fingerprint density at radius 3 is 2.96 bits per heavy atom. The van der Waals surface area contributed by atoms with E-state index in [9.17, 15) is 0 Å². The molecular formula is C17H15N5S. The van der Waals surface area contributed by atoms with E-state index in [-0.39, 0.29) is 0 Å². The third-order valence-corrected chi connectivity index (χ3v) is 5.84. The third-order valence-electron chi connectivity index (χ3n) is 4.64.